The Hall–Kier alpha value is -0.700. The lowest BCUT2D eigenvalue weighted by Gasteiger charge is -2.23. The number of alkyl halides is 1. The number of hydrogen-bond donors (Lipinski definition) is 0. The number of halogens is 1. The fourth-order valence-electron chi connectivity index (χ4n) is 1.58. The van der Waals surface area contributed by atoms with Gasteiger partial charge in [-0.2, -0.15) is 0 Å². The van der Waals surface area contributed by atoms with E-state index in [1.807, 2.05) is 12.1 Å². The number of hydrogen-bond acceptors (Lipinski definition) is 2. The third kappa shape index (κ3) is 4.23. The minimum Gasteiger partial charge on any atom is -0.497 e. The topological polar surface area (TPSA) is 18.5 Å². The van der Waals surface area contributed by atoms with Crippen LogP contribution in [0, 0.1) is 0 Å². The summed E-state index contributed by atoms with van der Waals surface area (Å²) >= 11 is 3.40. The first-order valence-corrected chi connectivity index (χ1v) is 6.98. The van der Waals surface area contributed by atoms with Gasteiger partial charge in [-0.25, -0.2) is 0 Å². The lowest BCUT2D eigenvalue weighted by atomic mass is 9.86. The van der Waals surface area contributed by atoms with Gasteiger partial charge >= 0.3 is 0 Å². The van der Waals surface area contributed by atoms with E-state index in [0.29, 0.717) is 0 Å². The molecular weight excluding hydrogens is 280 g/mol. The molecule has 0 saturated carbocycles. The zero-order valence-electron chi connectivity index (χ0n) is 11.0. The molecule has 0 saturated heterocycles. The molecule has 0 amide bonds. The highest BCUT2D eigenvalue weighted by molar-refractivity contribution is 9.09. The fourth-order valence-corrected chi connectivity index (χ4v) is 1.81. The minimum atomic E-state index is 0.0538. The maximum absolute atomic E-state index is 5.82. The van der Waals surface area contributed by atoms with Gasteiger partial charge in [0.25, 0.3) is 0 Å². The average molecular weight is 301 g/mol. The monoisotopic (exact) mass is 300 g/mol. The van der Waals surface area contributed by atoms with E-state index >= 15 is 0 Å². The highest BCUT2D eigenvalue weighted by atomic mass is 79.9. The first-order valence-electron chi connectivity index (χ1n) is 5.86. The summed E-state index contributed by atoms with van der Waals surface area (Å²) in [5, 5.41) is 0.966. The van der Waals surface area contributed by atoms with Gasteiger partial charge in [-0.05, 0) is 30.0 Å². The van der Waals surface area contributed by atoms with Crippen LogP contribution >= 0.6 is 15.9 Å². The lowest BCUT2D eigenvalue weighted by molar-refractivity contribution is 0.309. The van der Waals surface area contributed by atoms with Crippen LogP contribution in [0.3, 0.4) is 0 Å². The molecule has 0 spiro atoms. The predicted molar refractivity (Wildman–Crippen MR) is 75.6 cm³/mol. The van der Waals surface area contributed by atoms with Crippen LogP contribution in [0.15, 0.2) is 18.2 Å². The van der Waals surface area contributed by atoms with Crippen molar-refractivity contribution >= 4 is 15.9 Å². The Balaban J connectivity index is 2.95. The molecule has 0 unspecified atom stereocenters. The van der Waals surface area contributed by atoms with Crippen LogP contribution in [0.1, 0.15) is 32.8 Å². The van der Waals surface area contributed by atoms with Crippen LogP contribution < -0.4 is 9.47 Å². The van der Waals surface area contributed by atoms with Crippen LogP contribution in [0.5, 0.6) is 11.5 Å². The molecule has 0 atom stereocenters. The zero-order valence-corrected chi connectivity index (χ0v) is 12.6. The molecule has 1 rings (SSSR count). The van der Waals surface area contributed by atoms with Crippen molar-refractivity contribution < 1.29 is 9.47 Å². The number of rotatable bonds is 5. The summed E-state index contributed by atoms with van der Waals surface area (Å²) in [7, 11) is 1.69. The number of benzene rings is 1. The Morgan fingerprint density at radius 2 is 1.94 bits per heavy atom. The Kier molecular flexibility index (Phi) is 5.31. The molecule has 2 nitrogen and oxygen atoms in total. The second kappa shape index (κ2) is 6.29. The van der Waals surface area contributed by atoms with Gasteiger partial charge in [0.2, 0.25) is 0 Å². The van der Waals surface area contributed by atoms with Gasteiger partial charge in [-0.3, -0.25) is 0 Å². The third-order valence-corrected chi connectivity index (χ3v) is 3.09. The van der Waals surface area contributed by atoms with E-state index < -0.39 is 0 Å². The summed E-state index contributed by atoms with van der Waals surface area (Å²) in [4.78, 5) is 0. The number of ether oxygens (including phenoxy) is 2. The van der Waals surface area contributed by atoms with E-state index in [9.17, 15) is 0 Å². The SMILES string of the molecule is COc1ccc(OCCCBr)c(C(C)(C)C)c1. The van der Waals surface area contributed by atoms with E-state index in [2.05, 4.69) is 42.8 Å². The van der Waals surface area contributed by atoms with Crippen molar-refractivity contribution in [3.63, 3.8) is 0 Å². The van der Waals surface area contributed by atoms with Gasteiger partial charge in [-0.15, -0.1) is 0 Å². The Morgan fingerprint density at radius 3 is 2.47 bits per heavy atom. The van der Waals surface area contributed by atoms with E-state index in [0.717, 1.165) is 29.9 Å². The molecule has 1 aromatic rings. The summed E-state index contributed by atoms with van der Waals surface area (Å²) in [6.07, 6.45) is 1.01. The molecular formula is C14H21BrO2. The Bertz CT molecular complexity index is 356. The normalized spacial score (nSPS) is 11.4. The fraction of sp³-hybridized carbons (Fsp3) is 0.571. The summed E-state index contributed by atoms with van der Waals surface area (Å²) in [6.45, 7) is 7.28. The quantitative estimate of drug-likeness (QED) is 0.600. The molecule has 0 aliphatic heterocycles. The molecule has 0 aliphatic carbocycles. The van der Waals surface area contributed by atoms with Crippen LogP contribution in [0.2, 0.25) is 0 Å². The zero-order chi connectivity index (χ0) is 12.9. The van der Waals surface area contributed by atoms with Crippen LogP contribution in [-0.4, -0.2) is 19.0 Å². The molecule has 0 bridgehead atoms. The summed E-state index contributed by atoms with van der Waals surface area (Å²) in [5.41, 5.74) is 1.24. The minimum absolute atomic E-state index is 0.0538. The molecule has 17 heavy (non-hydrogen) atoms. The van der Waals surface area contributed by atoms with Crippen molar-refractivity contribution in [1.82, 2.24) is 0 Å². The van der Waals surface area contributed by atoms with Gasteiger partial charge in [-0.1, -0.05) is 36.7 Å². The first-order chi connectivity index (χ1) is 7.99. The maximum Gasteiger partial charge on any atom is 0.123 e. The highest BCUT2D eigenvalue weighted by Gasteiger charge is 2.19. The Morgan fingerprint density at radius 1 is 1.24 bits per heavy atom. The predicted octanol–water partition coefficient (Wildman–Crippen LogP) is 4.16. The molecule has 0 N–H and O–H groups in total. The van der Waals surface area contributed by atoms with Gasteiger partial charge in [0, 0.05) is 10.9 Å². The van der Waals surface area contributed by atoms with E-state index in [-0.39, 0.29) is 5.41 Å². The van der Waals surface area contributed by atoms with Crippen molar-refractivity contribution in [2.24, 2.45) is 0 Å². The molecule has 0 aliphatic rings. The second-order valence-corrected chi connectivity index (χ2v) is 5.80. The molecule has 3 heteroatoms. The highest BCUT2D eigenvalue weighted by Crippen LogP contribution is 2.34. The van der Waals surface area contributed by atoms with Gasteiger partial charge in [0.1, 0.15) is 11.5 Å². The molecule has 0 aromatic heterocycles. The van der Waals surface area contributed by atoms with Crippen LogP contribution in [0.4, 0.5) is 0 Å². The van der Waals surface area contributed by atoms with E-state index in [4.69, 9.17) is 9.47 Å². The lowest BCUT2D eigenvalue weighted by Crippen LogP contribution is -2.14. The van der Waals surface area contributed by atoms with Crippen molar-refractivity contribution in [1.29, 1.82) is 0 Å². The molecule has 0 heterocycles. The van der Waals surface area contributed by atoms with Gasteiger partial charge < -0.3 is 9.47 Å². The van der Waals surface area contributed by atoms with Crippen molar-refractivity contribution in [3.8, 4) is 11.5 Å². The van der Waals surface area contributed by atoms with Gasteiger partial charge in [0.05, 0.1) is 13.7 Å². The number of methoxy groups -OCH3 is 1. The van der Waals surface area contributed by atoms with Crippen LogP contribution in [0.25, 0.3) is 0 Å². The van der Waals surface area contributed by atoms with Gasteiger partial charge in [0.15, 0.2) is 0 Å². The summed E-state index contributed by atoms with van der Waals surface area (Å²) in [6, 6.07) is 6.00. The van der Waals surface area contributed by atoms with Crippen molar-refractivity contribution in [3.05, 3.63) is 23.8 Å². The molecule has 96 valence electrons. The average Bonchev–Trinajstić information content (AvgIpc) is 2.28. The molecule has 0 fully saturated rings. The van der Waals surface area contributed by atoms with Crippen molar-refractivity contribution in [2.45, 2.75) is 32.6 Å². The van der Waals surface area contributed by atoms with E-state index in [1.165, 1.54) is 5.56 Å². The summed E-state index contributed by atoms with van der Waals surface area (Å²) < 4.78 is 11.1. The third-order valence-electron chi connectivity index (χ3n) is 2.53. The standard InChI is InChI=1S/C14H21BrO2/c1-14(2,3)12-10-11(16-4)6-7-13(12)17-9-5-8-15/h6-7,10H,5,8-9H2,1-4H3. The molecule has 0 radical (unpaired) electrons. The first kappa shape index (κ1) is 14.4. The van der Waals surface area contributed by atoms with Crippen LogP contribution in [-0.2, 0) is 5.41 Å². The largest absolute Gasteiger partial charge is 0.497 e. The van der Waals surface area contributed by atoms with E-state index in [1.54, 1.807) is 7.11 Å². The van der Waals surface area contributed by atoms with Crippen molar-refractivity contribution in [2.75, 3.05) is 19.0 Å². The second-order valence-electron chi connectivity index (χ2n) is 5.00. The molecule has 1 aromatic carbocycles. The summed E-state index contributed by atoms with van der Waals surface area (Å²) in [5.74, 6) is 1.84. The smallest absolute Gasteiger partial charge is 0.123 e. The Labute approximate surface area is 112 Å². The maximum atomic E-state index is 5.82.